The van der Waals surface area contributed by atoms with Crippen LogP contribution in [0.15, 0.2) is 36.7 Å². The lowest BCUT2D eigenvalue weighted by Crippen LogP contribution is -2.29. The first kappa shape index (κ1) is 18.7. The Kier molecular flexibility index (Phi) is 4.81. The van der Waals surface area contributed by atoms with Gasteiger partial charge in [-0.3, -0.25) is 9.52 Å². The average Bonchev–Trinajstić information content (AvgIpc) is 3.08. The minimum absolute atomic E-state index is 0.0835. The van der Waals surface area contributed by atoms with E-state index in [0.29, 0.717) is 11.0 Å². The summed E-state index contributed by atoms with van der Waals surface area (Å²) in [6.07, 6.45) is 2.89. The Morgan fingerprint density at radius 3 is 2.67 bits per heavy atom. The quantitative estimate of drug-likeness (QED) is 0.616. The van der Waals surface area contributed by atoms with Gasteiger partial charge in [-0.05, 0) is 24.3 Å². The molecule has 0 aliphatic rings. The van der Waals surface area contributed by atoms with Gasteiger partial charge in [0.2, 0.25) is 0 Å². The van der Waals surface area contributed by atoms with Gasteiger partial charge in [-0.15, -0.1) is 0 Å². The number of halogens is 2. The highest BCUT2D eigenvalue weighted by atomic mass is 32.2. The van der Waals surface area contributed by atoms with Gasteiger partial charge in [-0.25, -0.2) is 13.8 Å². The van der Waals surface area contributed by atoms with Gasteiger partial charge < -0.3 is 10.3 Å². The number of nitrogens with one attached hydrogen (secondary N) is 3. The summed E-state index contributed by atoms with van der Waals surface area (Å²) in [5, 5.41) is 2.77. The molecule has 0 radical (unpaired) electrons. The monoisotopic (exact) mass is 395 g/mol. The van der Waals surface area contributed by atoms with E-state index in [1.54, 1.807) is 12.3 Å². The highest BCUT2D eigenvalue weighted by molar-refractivity contribution is 7.90. The van der Waals surface area contributed by atoms with Gasteiger partial charge in [0.1, 0.15) is 17.2 Å². The van der Waals surface area contributed by atoms with Crippen LogP contribution in [0.1, 0.15) is 10.4 Å². The molecule has 2 aromatic heterocycles. The average molecular weight is 395 g/mol. The van der Waals surface area contributed by atoms with Crippen LogP contribution in [0.25, 0.3) is 11.0 Å². The maximum Gasteiger partial charge on any atom is 0.301 e. The Balaban J connectivity index is 1.91. The Bertz CT molecular complexity index is 1130. The highest BCUT2D eigenvalue weighted by Gasteiger charge is 2.21. The van der Waals surface area contributed by atoms with Gasteiger partial charge in [0.25, 0.3) is 5.91 Å². The van der Waals surface area contributed by atoms with E-state index in [4.69, 9.17) is 0 Å². The number of pyridine rings is 1. The summed E-state index contributed by atoms with van der Waals surface area (Å²) in [5.41, 5.74) is -0.628. The summed E-state index contributed by atoms with van der Waals surface area (Å²) in [5.74, 6) is -3.09. The van der Waals surface area contributed by atoms with Crippen LogP contribution in [0, 0.1) is 11.6 Å². The zero-order valence-electron chi connectivity index (χ0n) is 14.2. The highest BCUT2D eigenvalue weighted by Crippen LogP contribution is 2.27. The first-order chi connectivity index (χ1) is 12.7. The van der Waals surface area contributed by atoms with Crippen LogP contribution in [-0.4, -0.2) is 42.7 Å². The van der Waals surface area contributed by atoms with Crippen molar-refractivity contribution >= 4 is 38.5 Å². The summed E-state index contributed by atoms with van der Waals surface area (Å²) in [7, 11) is -1.51. The molecule has 3 rings (SSSR count). The second kappa shape index (κ2) is 6.93. The maximum atomic E-state index is 14.6. The molecule has 0 saturated heterocycles. The van der Waals surface area contributed by atoms with Crippen LogP contribution in [0.2, 0.25) is 0 Å². The van der Waals surface area contributed by atoms with Crippen molar-refractivity contribution in [3.63, 3.8) is 0 Å². The molecule has 0 bridgehead atoms. The smallest absolute Gasteiger partial charge is 0.301 e. The molecule has 0 unspecified atom stereocenters. The van der Waals surface area contributed by atoms with Gasteiger partial charge >= 0.3 is 10.2 Å². The number of H-pyrrole nitrogens is 1. The van der Waals surface area contributed by atoms with Gasteiger partial charge in [-0.1, -0.05) is 0 Å². The third kappa shape index (κ3) is 3.73. The van der Waals surface area contributed by atoms with Crippen LogP contribution in [0.3, 0.4) is 0 Å². The van der Waals surface area contributed by atoms with Crippen LogP contribution in [0.5, 0.6) is 0 Å². The van der Waals surface area contributed by atoms with Gasteiger partial charge in [0.15, 0.2) is 5.82 Å². The standard InChI is InChI=1S/C16H15F2N5O3S/c1-23(2)27(25,26)22-12-4-3-11(17)14(13(12)18)21-16(24)10-7-9-5-6-19-15(9)20-8-10/h3-8,22H,1-2H3,(H,19,20)(H,21,24). The number of rotatable bonds is 5. The SMILES string of the molecule is CN(C)S(=O)(=O)Nc1ccc(F)c(NC(=O)c2cnc3[nH]ccc3c2)c1F. The van der Waals surface area contributed by atoms with Crippen molar-refractivity contribution in [2.24, 2.45) is 0 Å². The van der Waals surface area contributed by atoms with E-state index in [1.807, 2.05) is 4.72 Å². The van der Waals surface area contributed by atoms with Crippen LogP contribution < -0.4 is 10.0 Å². The predicted molar refractivity (Wildman–Crippen MR) is 96.6 cm³/mol. The van der Waals surface area contributed by atoms with Crippen molar-refractivity contribution in [2.45, 2.75) is 0 Å². The van der Waals surface area contributed by atoms with Gasteiger partial charge in [0.05, 0.1) is 11.3 Å². The molecule has 0 aliphatic carbocycles. The molecule has 0 atom stereocenters. The fourth-order valence-corrected chi connectivity index (χ4v) is 2.84. The van der Waals surface area contributed by atoms with Crippen molar-refractivity contribution in [1.29, 1.82) is 0 Å². The maximum absolute atomic E-state index is 14.6. The second-order valence-electron chi connectivity index (χ2n) is 5.77. The summed E-state index contributed by atoms with van der Waals surface area (Å²) in [6.45, 7) is 0. The molecule has 0 spiro atoms. The first-order valence-electron chi connectivity index (χ1n) is 7.62. The first-order valence-corrected chi connectivity index (χ1v) is 9.06. The summed E-state index contributed by atoms with van der Waals surface area (Å²) in [6, 6.07) is 4.97. The number of nitrogens with zero attached hydrogens (tertiary/aromatic N) is 2. The van der Waals surface area contributed by atoms with Crippen molar-refractivity contribution in [1.82, 2.24) is 14.3 Å². The molecule has 0 aliphatic heterocycles. The van der Waals surface area contributed by atoms with E-state index in [2.05, 4.69) is 15.3 Å². The van der Waals surface area contributed by atoms with E-state index < -0.39 is 39.1 Å². The molecule has 1 amide bonds. The number of aromatic amines is 1. The number of anilines is 2. The molecule has 8 nitrogen and oxygen atoms in total. The van der Waals surface area contributed by atoms with E-state index >= 15 is 0 Å². The zero-order chi connectivity index (χ0) is 19.8. The van der Waals surface area contributed by atoms with Crippen molar-refractivity contribution < 1.29 is 22.0 Å². The topological polar surface area (TPSA) is 107 Å². The lowest BCUT2D eigenvalue weighted by molar-refractivity contribution is 0.102. The molecule has 0 saturated carbocycles. The van der Waals surface area contributed by atoms with E-state index in [1.165, 1.54) is 26.4 Å². The fraction of sp³-hybridized carbons (Fsp3) is 0.125. The number of carbonyl (C=O) groups excluding carboxylic acids is 1. The summed E-state index contributed by atoms with van der Waals surface area (Å²) < 4.78 is 55.1. The van der Waals surface area contributed by atoms with Crippen LogP contribution >= 0.6 is 0 Å². The number of hydrogen-bond acceptors (Lipinski definition) is 4. The van der Waals surface area contributed by atoms with Crippen molar-refractivity contribution in [3.05, 3.63) is 53.9 Å². The normalized spacial score (nSPS) is 11.7. The number of carbonyl (C=O) groups is 1. The molecular formula is C16H15F2N5O3S. The minimum atomic E-state index is -4.01. The third-order valence-electron chi connectivity index (χ3n) is 3.71. The molecule has 11 heteroatoms. The Morgan fingerprint density at radius 2 is 1.96 bits per heavy atom. The van der Waals surface area contributed by atoms with E-state index in [0.717, 1.165) is 16.4 Å². The molecule has 142 valence electrons. The molecule has 1 aromatic carbocycles. The largest absolute Gasteiger partial charge is 0.346 e. The summed E-state index contributed by atoms with van der Waals surface area (Å²) in [4.78, 5) is 19.2. The van der Waals surface area contributed by atoms with Gasteiger partial charge in [0, 0.05) is 31.9 Å². The van der Waals surface area contributed by atoms with Crippen molar-refractivity contribution in [3.8, 4) is 0 Å². The Morgan fingerprint density at radius 1 is 1.22 bits per heavy atom. The molecule has 0 fully saturated rings. The molecule has 3 N–H and O–H groups in total. The van der Waals surface area contributed by atoms with E-state index in [9.17, 15) is 22.0 Å². The van der Waals surface area contributed by atoms with Crippen LogP contribution in [-0.2, 0) is 10.2 Å². The Labute approximate surface area is 153 Å². The Hall–Kier alpha value is -3.05. The minimum Gasteiger partial charge on any atom is -0.346 e. The lowest BCUT2D eigenvalue weighted by Gasteiger charge is -2.16. The second-order valence-corrected chi connectivity index (χ2v) is 7.65. The van der Waals surface area contributed by atoms with Crippen LogP contribution in [0.4, 0.5) is 20.2 Å². The van der Waals surface area contributed by atoms with Crippen molar-refractivity contribution in [2.75, 3.05) is 24.1 Å². The zero-order valence-corrected chi connectivity index (χ0v) is 15.1. The molecule has 27 heavy (non-hydrogen) atoms. The van der Waals surface area contributed by atoms with E-state index in [-0.39, 0.29) is 5.56 Å². The number of hydrogen-bond donors (Lipinski definition) is 3. The number of benzene rings is 1. The molecule has 3 aromatic rings. The number of fused-ring (bicyclic) bond motifs is 1. The molecular weight excluding hydrogens is 380 g/mol. The summed E-state index contributed by atoms with van der Waals surface area (Å²) >= 11 is 0. The predicted octanol–water partition coefficient (Wildman–Crippen LogP) is 2.31. The van der Waals surface area contributed by atoms with Gasteiger partial charge in [-0.2, -0.15) is 12.7 Å². The fourth-order valence-electron chi connectivity index (χ4n) is 2.23. The lowest BCUT2D eigenvalue weighted by atomic mass is 10.2. The number of amides is 1. The third-order valence-corrected chi connectivity index (χ3v) is 5.15. The number of aromatic nitrogens is 2. The molecule has 2 heterocycles.